The molecule has 8 nitrogen and oxygen atoms in total. The number of fused-ring (bicyclic) bond motifs is 1. The number of benzene rings is 1. The first-order valence-electron chi connectivity index (χ1n) is 6.91. The number of carbonyl (C=O) groups excluding carboxylic acids is 3. The van der Waals surface area contributed by atoms with E-state index in [2.05, 4.69) is 5.32 Å². The molecule has 0 spiro atoms. The summed E-state index contributed by atoms with van der Waals surface area (Å²) in [6, 6.07) is 3.71. The zero-order chi connectivity index (χ0) is 16.8. The molecule has 3 rings (SSSR count). The first-order chi connectivity index (χ1) is 10.7. The maximum atomic E-state index is 12.5. The zero-order valence-corrected chi connectivity index (χ0v) is 13.1. The number of nitrogens with zero attached hydrogens (tertiary/aromatic N) is 1. The molecule has 2 aliphatic heterocycles. The second-order valence-corrected chi connectivity index (χ2v) is 7.08. The SMILES string of the molecule is CS(=O)(=O)Oc1ccc2c(c1)C(=O)N(C1CCC(=O)NC1=O)C2. The van der Waals surface area contributed by atoms with E-state index in [-0.39, 0.29) is 37.0 Å². The maximum absolute atomic E-state index is 12.5. The van der Waals surface area contributed by atoms with Crippen LogP contribution in [0.2, 0.25) is 0 Å². The summed E-state index contributed by atoms with van der Waals surface area (Å²) < 4.78 is 27.1. The summed E-state index contributed by atoms with van der Waals surface area (Å²) in [7, 11) is -3.69. The van der Waals surface area contributed by atoms with E-state index < -0.39 is 22.1 Å². The van der Waals surface area contributed by atoms with E-state index in [0.717, 1.165) is 6.26 Å². The summed E-state index contributed by atoms with van der Waals surface area (Å²) in [5, 5.41) is 2.22. The summed E-state index contributed by atoms with van der Waals surface area (Å²) in [6.45, 7) is 0.236. The highest BCUT2D eigenvalue weighted by molar-refractivity contribution is 7.86. The van der Waals surface area contributed by atoms with E-state index in [1.54, 1.807) is 6.07 Å². The Morgan fingerprint density at radius 1 is 1.26 bits per heavy atom. The molecule has 122 valence electrons. The summed E-state index contributed by atoms with van der Waals surface area (Å²) >= 11 is 0. The normalized spacial score (nSPS) is 21.2. The largest absolute Gasteiger partial charge is 0.383 e. The molecule has 0 aromatic heterocycles. The Morgan fingerprint density at radius 2 is 2.00 bits per heavy atom. The second-order valence-electron chi connectivity index (χ2n) is 5.51. The molecule has 2 heterocycles. The molecule has 9 heteroatoms. The van der Waals surface area contributed by atoms with Gasteiger partial charge in [-0.15, -0.1) is 0 Å². The van der Waals surface area contributed by atoms with Gasteiger partial charge in [0.05, 0.1) is 6.26 Å². The number of nitrogens with one attached hydrogen (secondary N) is 1. The average molecular weight is 338 g/mol. The van der Waals surface area contributed by atoms with Crippen molar-refractivity contribution in [3.05, 3.63) is 29.3 Å². The average Bonchev–Trinajstić information content (AvgIpc) is 2.74. The molecule has 23 heavy (non-hydrogen) atoms. The molecule has 1 aromatic rings. The third-order valence-electron chi connectivity index (χ3n) is 3.75. The van der Waals surface area contributed by atoms with Crippen molar-refractivity contribution in [3.8, 4) is 5.75 Å². The Kier molecular flexibility index (Phi) is 3.59. The van der Waals surface area contributed by atoms with Gasteiger partial charge in [0.2, 0.25) is 11.8 Å². The van der Waals surface area contributed by atoms with E-state index >= 15 is 0 Å². The molecule has 0 saturated carbocycles. The predicted octanol–water partition coefficient (Wildman–Crippen LogP) is -0.214. The number of rotatable bonds is 3. The minimum absolute atomic E-state index is 0.0460. The van der Waals surface area contributed by atoms with Gasteiger partial charge in [0.25, 0.3) is 5.91 Å². The Labute approximate surface area is 132 Å². The molecule has 1 unspecified atom stereocenters. The molecule has 1 atom stereocenters. The number of imide groups is 1. The van der Waals surface area contributed by atoms with E-state index in [9.17, 15) is 22.8 Å². The molecular formula is C14H14N2O6S. The highest BCUT2D eigenvalue weighted by Gasteiger charge is 2.39. The fourth-order valence-corrected chi connectivity index (χ4v) is 3.21. The fourth-order valence-electron chi connectivity index (χ4n) is 2.76. The lowest BCUT2D eigenvalue weighted by molar-refractivity contribution is -0.136. The van der Waals surface area contributed by atoms with Crippen LogP contribution in [0, 0.1) is 0 Å². The van der Waals surface area contributed by atoms with Gasteiger partial charge in [-0.1, -0.05) is 6.07 Å². The van der Waals surface area contributed by atoms with Crippen LogP contribution >= 0.6 is 0 Å². The molecule has 1 N–H and O–H groups in total. The zero-order valence-electron chi connectivity index (χ0n) is 12.2. The highest BCUT2D eigenvalue weighted by Crippen LogP contribution is 2.30. The Balaban J connectivity index is 1.85. The van der Waals surface area contributed by atoms with Gasteiger partial charge >= 0.3 is 10.1 Å². The van der Waals surface area contributed by atoms with Crippen molar-refractivity contribution < 1.29 is 27.0 Å². The van der Waals surface area contributed by atoms with Gasteiger partial charge in [0.15, 0.2) is 0 Å². The van der Waals surface area contributed by atoms with Crippen molar-refractivity contribution in [1.29, 1.82) is 0 Å². The monoisotopic (exact) mass is 338 g/mol. The van der Waals surface area contributed by atoms with Crippen molar-refractivity contribution in [2.75, 3.05) is 6.26 Å². The lowest BCUT2D eigenvalue weighted by atomic mass is 10.0. The van der Waals surface area contributed by atoms with Crippen LogP contribution < -0.4 is 9.50 Å². The molecule has 0 bridgehead atoms. The number of hydrogen-bond acceptors (Lipinski definition) is 6. The first kappa shape index (κ1) is 15.5. The van der Waals surface area contributed by atoms with Crippen LogP contribution in [0.25, 0.3) is 0 Å². The van der Waals surface area contributed by atoms with Crippen LogP contribution in [0.1, 0.15) is 28.8 Å². The van der Waals surface area contributed by atoms with Crippen molar-refractivity contribution >= 4 is 27.8 Å². The first-order valence-corrected chi connectivity index (χ1v) is 8.73. The summed E-state index contributed by atoms with van der Waals surface area (Å²) in [5.74, 6) is -1.17. The molecular weight excluding hydrogens is 324 g/mol. The van der Waals surface area contributed by atoms with Crippen molar-refractivity contribution in [3.63, 3.8) is 0 Å². The fraction of sp³-hybridized carbons (Fsp3) is 0.357. The third kappa shape index (κ3) is 3.04. The number of hydrogen-bond donors (Lipinski definition) is 1. The van der Waals surface area contributed by atoms with Crippen molar-refractivity contribution in [2.24, 2.45) is 0 Å². The molecule has 1 aromatic carbocycles. The van der Waals surface area contributed by atoms with Crippen LogP contribution in [0.3, 0.4) is 0 Å². The third-order valence-corrected chi connectivity index (χ3v) is 4.24. The van der Waals surface area contributed by atoms with Crippen LogP contribution in [0.4, 0.5) is 0 Å². The number of amides is 3. The van der Waals surface area contributed by atoms with Crippen LogP contribution in [0.5, 0.6) is 5.75 Å². The smallest absolute Gasteiger partial charge is 0.306 e. The highest BCUT2D eigenvalue weighted by atomic mass is 32.2. The lowest BCUT2D eigenvalue weighted by Crippen LogP contribution is -2.52. The van der Waals surface area contributed by atoms with E-state index in [1.165, 1.54) is 17.0 Å². The number of piperidine rings is 1. The van der Waals surface area contributed by atoms with E-state index in [1.807, 2.05) is 0 Å². The lowest BCUT2D eigenvalue weighted by Gasteiger charge is -2.29. The molecule has 2 aliphatic rings. The van der Waals surface area contributed by atoms with Crippen LogP contribution in [0.15, 0.2) is 18.2 Å². The van der Waals surface area contributed by atoms with Crippen LogP contribution in [-0.4, -0.2) is 43.3 Å². The minimum Gasteiger partial charge on any atom is -0.383 e. The number of carbonyl (C=O) groups is 3. The molecule has 0 radical (unpaired) electrons. The Hall–Kier alpha value is -2.42. The maximum Gasteiger partial charge on any atom is 0.306 e. The molecule has 1 fully saturated rings. The Morgan fingerprint density at radius 3 is 2.65 bits per heavy atom. The molecule has 1 saturated heterocycles. The van der Waals surface area contributed by atoms with E-state index in [0.29, 0.717) is 11.1 Å². The molecule has 0 aliphatic carbocycles. The Bertz CT molecular complexity index is 817. The molecule has 3 amide bonds. The van der Waals surface area contributed by atoms with Gasteiger partial charge in [-0.25, -0.2) is 0 Å². The van der Waals surface area contributed by atoms with Gasteiger partial charge in [-0.3, -0.25) is 19.7 Å². The standard InChI is InChI=1S/C14H14N2O6S/c1-23(20,21)22-9-3-2-8-7-16(14(19)10(8)6-9)11-4-5-12(17)15-13(11)18/h2-3,6,11H,4-5,7H2,1H3,(H,15,17,18). The van der Waals surface area contributed by atoms with Gasteiger partial charge in [-0.2, -0.15) is 8.42 Å². The summed E-state index contributed by atoms with van der Waals surface area (Å²) in [5.41, 5.74) is 0.983. The summed E-state index contributed by atoms with van der Waals surface area (Å²) in [6.07, 6.45) is 1.37. The topological polar surface area (TPSA) is 110 Å². The van der Waals surface area contributed by atoms with Gasteiger partial charge in [0, 0.05) is 18.5 Å². The van der Waals surface area contributed by atoms with Gasteiger partial charge in [-0.05, 0) is 24.1 Å². The van der Waals surface area contributed by atoms with E-state index in [4.69, 9.17) is 4.18 Å². The predicted molar refractivity (Wildman–Crippen MR) is 78.0 cm³/mol. The second kappa shape index (κ2) is 5.34. The quantitative estimate of drug-likeness (QED) is 0.603. The van der Waals surface area contributed by atoms with Crippen molar-refractivity contribution in [2.45, 2.75) is 25.4 Å². The van der Waals surface area contributed by atoms with Crippen LogP contribution in [-0.2, 0) is 26.3 Å². The van der Waals surface area contributed by atoms with Gasteiger partial charge < -0.3 is 9.08 Å². The van der Waals surface area contributed by atoms with Crippen molar-refractivity contribution in [1.82, 2.24) is 10.2 Å². The minimum atomic E-state index is -3.69. The van der Waals surface area contributed by atoms with Gasteiger partial charge in [0.1, 0.15) is 11.8 Å². The summed E-state index contributed by atoms with van der Waals surface area (Å²) in [4.78, 5) is 37.0.